The molecule has 0 aliphatic carbocycles. The first-order valence-corrected chi connectivity index (χ1v) is 5.94. The predicted molar refractivity (Wildman–Crippen MR) is 58.8 cm³/mol. The average molecular weight is 228 g/mol. The lowest BCUT2D eigenvalue weighted by Crippen LogP contribution is -2.43. The molecule has 1 aromatic heterocycles. The molecule has 1 aliphatic rings. The van der Waals surface area contributed by atoms with Crippen LogP contribution in [-0.2, 0) is 9.47 Å². The lowest BCUT2D eigenvalue weighted by molar-refractivity contribution is -0.245. The molecule has 4 heteroatoms. The number of hydrogen-bond acceptors (Lipinski definition) is 4. The van der Waals surface area contributed by atoms with Crippen LogP contribution < -0.4 is 0 Å². The fourth-order valence-electron chi connectivity index (χ4n) is 1.45. The maximum absolute atomic E-state index is 9.60. The van der Waals surface area contributed by atoms with Crippen molar-refractivity contribution in [2.75, 3.05) is 13.2 Å². The zero-order valence-corrected chi connectivity index (χ0v) is 9.79. The second-order valence-electron chi connectivity index (χ2n) is 4.30. The third-order valence-electron chi connectivity index (χ3n) is 2.91. The summed E-state index contributed by atoms with van der Waals surface area (Å²) in [6.45, 7) is 4.82. The molecular weight excluding hydrogens is 212 g/mol. The molecule has 0 aromatic carbocycles. The minimum Gasteiger partial charge on any atom is -0.393 e. The molecule has 2 heterocycles. The van der Waals surface area contributed by atoms with E-state index in [0.717, 1.165) is 4.88 Å². The van der Waals surface area contributed by atoms with E-state index in [1.807, 2.05) is 24.4 Å². The van der Waals surface area contributed by atoms with Crippen LogP contribution in [-0.4, -0.2) is 24.4 Å². The lowest BCUT2D eigenvalue weighted by atomic mass is 9.86. The van der Waals surface area contributed by atoms with Crippen molar-refractivity contribution in [1.82, 2.24) is 0 Å². The maximum Gasteiger partial charge on any atom is 0.193 e. The van der Waals surface area contributed by atoms with Gasteiger partial charge in [0.25, 0.3) is 0 Å². The van der Waals surface area contributed by atoms with Crippen molar-refractivity contribution < 1.29 is 14.6 Å². The number of aliphatic hydroxyl groups is 1. The Bertz CT molecular complexity index is 300. The Balaban J connectivity index is 1.98. The van der Waals surface area contributed by atoms with Gasteiger partial charge in [-0.15, -0.1) is 11.3 Å². The third kappa shape index (κ3) is 2.23. The molecule has 1 N–H and O–H groups in total. The summed E-state index contributed by atoms with van der Waals surface area (Å²) in [5.74, 6) is 0. The summed E-state index contributed by atoms with van der Waals surface area (Å²) in [6.07, 6.45) is -0.668. The fraction of sp³-hybridized carbons (Fsp3) is 0.636. The molecule has 1 unspecified atom stereocenters. The topological polar surface area (TPSA) is 38.7 Å². The van der Waals surface area contributed by atoms with Crippen molar-refractivity contribution in [1.29, 1.82) is 0 Å². The van der Waals surface area contributed by atoms with Crippen LogP contribution in [0.25, 0.3) is 0 Å². The minimum absolute atomic E-state index is 0.253. The van der Waals surface area contributed by atoms with Gasteiger partial charge in [0, 0.05) is 5.41 Å². The Morgan fingerprint density at radius 1 is 1.53 bits per heavy atom. The van der Waals surface area contributed by atoms with Crippen LogP contribution in [0.2, 0.25) is 0 Å². The van der Waals surface area contributed by atoms with Crippen molar-refractivity contribution >= 4 is 11.3 Å². The Morgan fingerprint density at radius 3 is 2.67 bits per heavy atom. The quantitative estimate of drug-likeness (QED) is 0.843. The van der Waals surface area contributed by atoms with Gasteiger partial charge in [0.15, 0.2) is 6.29 Å². The SMILES string of the molecule is CC(O)C1(C)COC(c2cccs2)OC1. The average Bonchev–Trinajstić information content (AvgIpc) is 2.72. The van der Waals surface area contributed by atoms with E-state index in [9.17, 15) is 5.11 Å². The van der Waals surface area contributed by atoms with Crippen molar-refractivity contribution in [3.63, 3.8) is 0 Å². The number of rotatable bonds is 2. The predicted octanol–water partition coefficient (Wildman–Crippen LogP) is 2.18. The Kier molecular flexibility index (Phi) is 3.11. The first-order chi connectivity index (χ1) is 7.12. The molecular formula is C11H16O3S. The van der Waals surface area contributed by atoms with E-state index in [1.54, 1.807) is 18.3 Å². The summed E-state index contributed by atoms with van der Waals surface area (Å²) < 4.78 is 11.3. The molecule has 1 aromatic rings. The van der Waals surface area contributed by atoms with Crippen LogP contribution in [0.5, 0.6) is 0 Å². The van der Waals surface area contributed by atoms with Crippen molar-refractivity contribution in [2.24, 2.45) is 5.41 Å². The first-order valence-electron chi connectivity index (χ1n) is 5.06. The van der Waals surface area contributed by atoms with Gasteiger partial charge in [0.2, 0.25) is 0 Å². The van der Waals surface area contributed by atoms with E-state index in [-0.39, 0.29) is 11.7 Å². The van der Waals surface area contributed by atoms with Gasteiger partial charge < -0.3 is 14.6 Å². The normalized spacial score (nSPS) is 33.9. The molecule has 1 fully saturated rings. The largest absolute Gasteiger partial charge is 0.393 e. The van der Waals surface area contributed by atoms with Crippen LogP contribution in [0.15, 0.2) is 17.5 Å². The molecule has 0 spiro atoms. The summed E-state index contributed by atoms with van der Waals surface area (Å²) in [5, 5.41) is 11.6. The third-order valence-corrected chi connectivity index (χ3v) is 3.81. The fourth-order valence-corrected chi connectivity index (χ4v) is 2.17. The Hall–Kier alpha value is -0.420. The molecule has 0 bridgehead atoms. The number of hydrogen-bond donors (Lipinski definition) is 1. The van der Waals surface area contributed by atoms with Crippen molar-refractivity contribution in [2.45, 2.75) is 26.2 Å². The van der Waals surface area contributed by atoms with E-state index >= 15 is 0 Å². The van der Waals surface area contributed by atoms with Crippen LogP contribution in [0, 0.1) is 5.41 Å². The zero-order chi connectivity index (χ0) is 10.9. The van der Waals surface area contributed by atoms with Crippen LogP contribution in [0.1, 0.15) is 25.0 Å². The summed E-state index contributed by atoms with van der Waals surface area (Å²) in [7, 11) is 0. The number of aliphatic hydroxyl groups excluding tert-OH is 1. The van der Waals surface area contributed by atoms with E-state index in [1.165, 1.54) is 0 Å². The van der Waals surface area contributed by atoms with E-state index < -0.39 is 6.10 Å². The smallest absolute Gasteiger partial charge is 0.193 e. The zero-order valence-electron chi connectivity index (χ0n) is 8.97. The highest BCUT2D eigenvalue weighted by Gasteiger charge is 2.37. The van der Waals surface area contributed by atoms with Gasteiger partial charge in [-0.05, 0) is 18.4 Å². The Morgan fingerprint density at radius 2 is 2.20 bits per heavy atom. The highest BCUT2D eigenvalue weighted by atomic mass is 32.1. The van der Waals surface area contributed by atoms with Gasteiger partial charge in [-0.2, -0.15) is 0 Å². The second kappa shape index (κ2) is 4.22. The first kappa shape index (κ1) is 11.1. The van der Waals surface area contributed by atoms with E-state index in [4.69, 9.17) is 9.47 Å². The van der Waals surface area contributed by atoms with Crippen LogP contribution >= 0.6 is 11.3 Å². The molecule has 1 aliphatic heterocycles. The van der Waals surface area contributed by atoms with Crippen molar-refractivity contribution in [3.05, 3.63) is 22.4 Å². The lowest BCUT2D eigenvalue weighted by Gasteiger charge is -2.38. The molecule has 0 amide bonds. The van der Waals surface area contributed by atoms with Crippen LogP contribution in [0.3, 0.4) is 0 Å². The molecule has 0 saturated carbocycles. The number of thiophene rings is 1. The molecule has 15 heavy (non-hydrogen) atoms. The molecule has 2 rings (SSSR count). The van der Waals surface area contributed by atoms with Gasteiger partial charge in [-0.1, -0.05) is 13.0 Å². The molecule has 3 nitrogen and oxygen atoms in total. The molecule has 0 radical (unpaired) electrons. The molecule has 84 valence electrons. The molecule has 1 atom stereocenters. The van der Waals surface area contributed by atoms with Crippen molar-refractivity contribution in [3.8, 4) is 0 Å². The van der Waals surface area contributed by atoms with Gasteiger partial charge in [-0.25, -0.2) is 0 Å². The van der Waals surface area contributed by atoms with Gasteiger partial charge in [0.1, 0.15) is 0 Å². The van der Waals surface area contributed by atoms with E-state index in [0.29, 0.717) is 13.2 Å². The van der Waals surface area contributed by atoms with Gasteiger partial charge in [-0.3, -0.25) is 0 Å². The minimum atomic E-state index is -0.415. The highest BCUT2D eigenvalue weighted by Crippen LogP contribution is 2.35. The summed E-state index contributed by atoms with van der Waals surface area (Å²) in [5.41, 5.74) is -0.284. The summed E-state index contributed by atoms with van der Waals surface area (Å²) >= 11 is 1.63. The highest BCUT2D eigenvalue weighted by molar-refractivity contribution is 7.10. The van der Waals surface area contributed by atoms with Crippen LogP contribution in [0.4, 0.5) is 0 Å². The van der Waals surface area contributed by atoms with Gasteiger partial charge >= 0.3 is 0 Å². The standard InChI is InChI=1S/C11H16O3S/c1-8(12)11(2)6-13-10(14-7-11)9-4-3-5-15-9/h3-5,8,10,12H,6-7H2,1-2H3. The Labute approximate surface area is 93.6 Å². The molecule has 1 saturated heterocycles. The maximum atomic E-state index is 9.60. The summed E-state index contributed by atoms with van der Waals surface area (Å²) in [4.78, 5) is 1.09. The van der Waals surface area contributed by atoms with E-state index in [2.05, 4.69) is 0 Å². The monoisotopic (exact) mass is 228 g/mol. The number of ether oxygens (including phenoxy) is 2. The van der Waals surface area contributed by atoms with Gasteiger partial charge in [0.05, 0.1) is 24.2 Å². The second-order valence-corrected chi connectivity index (χ2v) is 5.28. The summed E-state index contributed by atoms with van der Waals surface area (Å²) in [6, 6.07) is 3.98.